The van der Waals surface area contributed by atoms with Crippen molar-refractivity contribution in [3.05, 3.63) is 88.0 Å². The normalized spacial score (nSPS) is 21.5. The number of nitrogens with one attached hydrogen (secondary N) is 2. The summed E-state index contributed by atoms with van der Waals surface area (Å²) in [5, 5.41) is 3.67. The van der Waals surface area contributed by atoms with E-state index in [9.17, 15) is 9.59 Å². The molecule has 0 spiro atoms. The summed E-state index contributed by atoms with van der Waals surface area (Å²) >= 11 is 6.33. The molecule has 2 amide bonds. The number of aliphatic imine (C=N–C) groups is 1. The number of H-pyrrole nitrogens is 1. The first-order valence-corrected chi connectivity index (χ1v) is 12.1. The van der Waals surface area contributed by atoms with Crippen LogP contribution in [0.4, 0.5) is 0 Å². The molecule has 0 bridgehead atoms. The zero-order valence-electron chi connectivity index (χ0n) is 20.2. The number of hydrogen-bond acceptors (Lipinski definition) is 6. The highest BCUT2D eigenvalue weighted by molar-refractivity contribution is 6.39. The van der Waals surface area contributed by atoms with E-state index in [-0.39, 0.29) is 16.8 Å². The molecule has 1 fully saturated rings. The summed E-state index contributed by atoms with van der Waals surface area (Å²) in [4.78, 5) is 38.3. The molecular formula is C27H27ClN6O2. The van der Waals surface area contributed by atoms with Crippen molar-refractivity contribution in [2.75, 3.05) is 33.2 Å². The summed E-state index contributed by atoms with van der Waals surface area (Å²) in [6.45, 7) is 9.59. The number of halogens is 1. The number of fused-ring (bicyclic) bond motifs is 1. The van der Waals surface area contributed by atoms with Crippen molar-refractivity contribution in [3.8, 4) is 0 Å². The molecule has 1 saturated heterocycles. The smallest absolute Gasteiger partial charge is 0.261 e. The van der Waals surface area contributed by atoms with E-state index < -0.39 is 11.8 Å². The maximum Gasteiger partial charge on any atom is 0.261 e. The second-order valence-corrected chi connectivity index (χ2v) is 9.56. The standard InChI is InChI=1S/C27H27ClN6O2/c1-15-5-4-6-18-20(14-30-25(15)18)22-23(27(36)32-26(22)35)24(29)19-13-17(28)7-8-21(19)31-16(2)34-11-9-33(3)10-12-34/h4-8,13-14,30H,2,9-12,29H2,1,3H3,(H,32,35,36)/b24-19-,31-21-. The number of carbonyl (C=O) groups is 2. The summed E-state index contributed by atoms with van der Waals surface area (Å²) in [6, 6.07) is 5.80. The van der Waals surface area contributed by atoms with E-state index in [0.29, 0.717) is 27.7 Å². The van der Waals surface area contributed by atoms with E-state index in [0.717, 1.165) is 42.6 Å². The molecule has 0 saturated carbocycles. The van der Waals surface area contributed by atoms with Crippen molar-refractivity contribution in [1.29, 1.82) is 0 Å². The summed E-state index contributed by atoms with van der Waals surface area (Å²) in [5.74, 6) is -0.450. The number of aryl methyl sites for hydroxylation is 1. The second-order valence-electron chi connectivity index (χ2n) is 9.13. The van der Waals surface area contributed by atoms with Crippen molar-refractivity contribution in [2.45, 2.75) is 6.92 Å². The zero-order chi connectivity index (χ0) is 25.6. The summed E-state index contributed by atoms with van der Waals surface area (Å²) in [5.41, 5.74) is 10.6. The number of para-hydroxylation sites is 1. The fourth-order valence-electron chi connectivity index (χ4n) is 4.71. The van der Waals surface area contributed by atoms with Crippen LogP contribution >= 0.6 is 11.6 Å². The number of carbonyl (C=O) groups excluding carboxylic acids is 2. The highest BCUT2D eigenvalue weighted by Crippen LogP contribution is 2.35. The molecule has 3 aliphatic rings. The molecule has 1 aromatic heterocycles. The Morgan fingerprint density at radius 1 is 1.14 bits per heavy atom. The third-order valence-electron chi connectivity index (χ3n) is 6.76. The molecule has 4 N–H and O–H groups in total. The van der Waals surface area contributed by atoms with Crippen molar-refractivity contribution in [3.63, 3.8) is 0 Å². The number of nitrogens with zero attached hydrogens (tertiary/aromatic N) is 3. The molecule has 8 nitrogen and oxygen atoms in total. The Hall–Kier alpha value is -3.88. The van der Waals surface area contributed by atoms with Crippen LogP contribution in [-0.4, -0.2) is 65.5 Å². The highest BCUT2D eigenvalue weighted by Gasteiger charge is 2.35. The van der Waals surface area contributed by atoms with Crippen LogP contribution in [0.3, 0.4) is 0 Å². The minimum absolute atomic E-state index is 0.103. The monoisotopic (exact) mass is 502 g/mol. The number of nitrogens with two attached hydrogens (primary N) is 1. The van der Waals surface area contributed by atoms with Crippen molar-refractivity contribution in [1.82, 2.24) is 20.1 Å². The van der Waals surface area contributed by atoms with Crippen molar-refractivity contribution in [2.24, 2.45) is 10.7 Å². The third-order valence-corrected chi connectivity index (χ3v) is 7.00. The van der Waals surface area contributed by atoms with Gasteiger partial charge in [-0.2, -0.15) is 0 Å². The number of rotatable bonds is 4. The van der Waals surface area contributed by atoms with Gasteiger partial charge in [-0.1, -0.05) is 36.4 Å². The second kappa shape index (κ2) is 9.29. The number of imide groups is 1. The van der Waals surface area contributed by atoms with Gasteiger partial charge in [0, 0.05) is 59.4 Å². The van der Waals surface area contributed by atoms with Crippen LogP contribution in [0.15, 0.2) is 81.9 Å². The first-order valence-electron chi connectivity index (χ1n) is 11.7. The van der Waals surface area contributed by atoms with Crippen LogP contribution in [-0.2, 0) is 9.59 Å². The van der Waals surface area contributed by atoms with E-state index in [2.05, 4.69) is 33.7 Å². The molecule has 0 atom stereocenters. The molecule has 9 heteroatoms. The molecule has 1 aromatic carbocycles. The summed E-state index contributed by atoms with van der Waals surface area (Å²) in [7, 11) is 2.08. The molecular weight excluding hydrogens is 476 g/mol. The van der Waals surface area contributed by atoms with Gasteiger partial charge in [-0.25, -0.2) is 4.99 Å². The topological polar surface area (TPSA) is 107 Å². The third kappa shape index (κ3) is 4.19. The quantitative estimate of drug-likeness (QED) is 0.557. The van der Waals surface area contributed by atoms with Crippen LogP contribution in [0.5, 0.6) is 0 Å². The van der Waals surface area contributed by atoms with Gasteiger partial charge in [-0.3, -0.25) is 14.9 Å². The van der Waals surface area contributed by atoms with Gasteiger partial charge >= 0.3 is 0 Å². The zero-order valence-corrected chi connectivity index (χ0v) is 20.9. The van der Waals surface area contributed by atoms with Gasteiger partial charge in [-0.05, 0) is 37.8 Å². The number of amides is 2. The minimum atomic E-state index is -0.557. The Morgan fingerprint density at radius 3 is 2.64 bits per heavy atom. The molecule has 3 heterocycles. The Bertz CT molecular complexity index is 1460. The average Bonchev–Trinajstić information content (AvgIpc) is 3.40. The first-order chi connectivity index (χ1) is 17.2. The maximum atomic E-state index is 13.0. The molecule has 0 radical (unpaired) electrons. The van der Waals surface area contributed by atoms with Gasteiger partial charge in [0.25, 0.3) is 11.8 Å². The lowest BCUT2D eigenvalue weighted by Crippen LogP contribution is -2.43. The Kier molecular flexibility index (Phi) is 6.15. The number of piperazine rings is 1. The largest absolute Gasteiger partial charge is 0.398 e. The van der Waals surface area contributed by atoms with Gasteiger partial charge in [0.05, 0.1) is 22.6 Å². The Morgan fingerprint density at radius 2 is 1.89 bits per heavy atom. The highest BCUT2D eigenvalue weighted by atomic mass is 35.5. The number of likely N-dealkylation sites (N-methyl/N-ethyl adjacent to an activating group) is 1. The van der Waals surface area contributed by atoms with Gasteiger partial charge in [-0.15, -0.1) is 0 Å². The van der Waals surface area contributed by atoms with Gasteiger partial charge in [0.1, 0.15) is 5.82 Å². The Labute approximate surface area is 214 Å². The van der Waals surface area contributed by atoms with Crippen LogP contribution in [0.2, 0.25) is 0 Å². The van der Waals surface area contributed by atoms with Crippen LogP contribution in [0.25, 0.3) is 16.5 Å². The van der Waals surface area contributed by atoms with Crippen LogP contribution in [0, 0.1) is 6.92 Å². The van der Waals surface area contributed by atoms with E-state index in [1.807, 2.05) is 25.1 Å². The summed E-state index contributed by atoms with van der Waals surface area (Å²) in [6.07, 6.45) is 6.85. The van der Waals surface area contributed by atoms with Crippen LogP contribution < -0.4 is 11.1 Å². The molecule has 2 aliphatic heterocycles. The van der Waals surface area contributed by atoms with Gasteiger partial charge in [0.2, 0.25) is 0 Å². The van der Waals surface area contributed by atoms with Gasteiger partial charge < -0.3 is 20.5 Å². The minimum Gasteiger partial charge on any atom is -0.398 e. The maximum absolute atomic E-state index is 13.0. The van der Waals surface area contributed by atoms with E-state index in [1.54, 1.807) is 24.4 Å². The molecule has 184 valence electrons. The molecule has 0 unspecified atom stereocenters. The molecule has 1 aliphatic carbocycles. The Balaban J connectivity index is 1.63. The number of aromatic amines is 1. The van der Waals surface area contributed by atoms with E-state index >= 15 is 0 Å². The van der Waals surface area contributed by atoms with Gasteiger partial charge in [0.15, 0.2) is 0 Å². The lowest BCUT2D eigenvalue weighted by atomic mass is 9.93. The first kappa shape index (κ1) is 23.8. The fraction of sp³-hybridized carbons (Fsp3) is 0.222. The SMILES string of the molecule is C=C(/N=C1/C=CC(Cl)=C/C1=C(/N)C1=C(c2c[nH]c3c(C)cccc23)C(=O)NC1=O)N1CCN(C)CC1. The lowest BCUT2D eigenvalue weighted by Gasteiger charge is -2.33. The number of hydrogen-bond donors (Lipinski definition) is 3. The predicted octanol–water partition coefficient (Wildman–Crippen LogP) is 2.95. The number of benzene rings is 1. The molecule has 5 rings (SSSR count). The molecule has 2 aromatic rings. The van der Waals surface area contributed by atoms with E-state index in [1.165, 1.54) is 0 Å². The lowest BCUT2D eigenvalue weighted by molar-refractivity contribution is -0.123. The van der Waals surface area contributed by atoms with Crippen molar-refractivity contribution >= 4 is 45.6 Å². The summed E-state index contributed by atoms with van der Waals surface area (Å²) < 4.78 is 0. The van der Waals surface area contributed by atoms with E-state index in [4.69, 9.17) is 22.3 Å². The molecule has 36 heavy (non-hydrogen) atoms. The van der Waals surface area contributed by atoms with Crippen LogP contribution in [0.1, 0.15) is 11.1 Å². The number of aromatic nitrogens is 1. The average molecular weight is 503 g/mol. The number of allylic oxidation sites excluding steroid dienone is 5. The van der Waals surface area contributed by atoms with Crippen molar-refractivity contribution < 1.29 is 9.59 Å². The predicted molar refractivity (Wildman–Crippen MR) is 143 cm³/mol. The fourth-order valence-corrected chi connectivity index (χ4v) is 4.88.